The average Bonchev–Trinajstić information content (AvgIpc) is 3.04. The molecule has 0 spiro atoms. The summed E-state index contributed by atoms with van der Waals surface area (Å²) in [5.41, 5.74) is 0.327. The van der Waals surface area contributed by atoms with E-state index in [4.69, 9.17) is 4.74 Å². The minimum atomic E-state index is -0.216. The van der Waals surface area contributed by atoms with Crippen LogP contribution in [0.1, 0.15) is 42.6 Å². The Hall–Kier alpha value is -1.93. The molecule has 0 aromatic carbocycles. The van der Waals surface area contributed by atoms with Crippen molar-refractivity contribution < 1.29 is 14.3 Å². The molecular weight excluding hydrogens is 334 g/mol. The molecule has 3 rings (SSSR count). The van der Waals surface area contributed by atoms with Gasteiger partial charge in [0.1, 0.15) is 5.82 Å². The van der Waals surface area contributed by atoms with E-state index in [0.717, 1.165) is 58.5 Å². The molecular formula is C18H29N5O3. The second-order valence-corrected chi connectivity index (χ2v) is 7.07. The molecule has 1 saturated carbocycles. The molecule has 2 fully saturated rings. The molecule has 0 unspecified atom stereocenters. The number of nitrogens with one attached hydrogen (secondary N) is 2. The molecule has 0 radical (unpaired) electrons. The summed E-state index contributed by atoms with van der Waals surface area (Å²) in [6, 6.07) is 1.64. The first-order valence-electron chi connectivity index (χ1n) is 9.56. The third-order valence-corrected chi connectivity index (χ3v) is 5.16. The van der Waals surface area contributed by atoms with Gasteiger partial charge in [-0.3, -0.25) is 19.2 Å². The highest BCUT2D eigenvalue weighted by Crippen LogP contribution is 2.25. The highest BCUT2D eigenvalue weighted by atomic mass is 16.5. The van der Waals surface area contributed by atoms with Gasteiger partial charge >= 0.3 is 0 Å². The normalized spacial score (nSPS) is 19.3. The predicted molar refractivity (Wildman–Crippen MR) is 98.0 cm³/mol. The van der Waals surface area contributed by atoms with E-state index >= 15 is 0 Å². The van der Waals surface area contributed by atoms with Crippen molar-refractivity contribution in [3.8, 4) is 0 Å². The molecule has 2 heterocycles. The Balaban J connectivity index is 1.48. The van der Waals surface area contributed by atoms with Gasteiger partial charge in [0.25, 0.3) is 5.91 Å². The van der Waals surface area contributed by atoms with Crippen molar-refractivity contribution in [1.29, 1.82) is 0 Å². The molecule has 1 saturated heterocycles. The van der Waals surface area contributed by atoms with E-state index in [0.29, 0.717) is 18.1 Å². The molecule has 8 nitrogen and oxygen atoms in total. The second-order valence-electron chi connectivity index (χ2n) is 7.07. The van der Waals surface area contributed by atoms with Gasteiger partial charge in [-0.05, 0) is 12.8 Å². The number of carbonyl (C=O) groups is 2. The number of amides is 2. The minimum absolute atomic E-state index is 0.0342. The van der Waals surface area contributed by atoms with E-state index in [1.54, 1.807) is 17.8 Å². The standard InChI is InChI=1S/C18H29N5O3/c1-22-16(20-17(24)14-5-3-2-4-6-14)13-15(21-22)18(25)19-7-8-23-9-11-26-12-10-23/h13-14H,2-12H2,1H3,(H,19,25)(H,20,24). The third kappa shape index (κ3) is 5.04. The van der Waals surface area contributed by atoms with Gasteiger partial charge in [-0.1, -0.05) is 19.3 Å². The van der Waals surface area contributed by atoms with Crippen LogP contribution < -0.4 is 10.6 Å². The maximum Gasteiger partial charge on any atom is 0.271 e. The lowest BCUT2D eigenvalue weighted by Gasteiger charge is -2.26. The zero-order chi connectivity index (χ0) is 18.4. The summed E-state index contributed by atoms with van der Waals surface area (Å²) in [6.45, 7) is 4.66. The molecule has 1 aromatic heterocycles. The summed E-state index contributed by atoms with van der Waals surface area (Å²) in [7, 11) is 1.74. The molecule has 1 aromatic rings. The van der Waals surface area contributed by atoms with Crippen molar-refractivity contribution >= 4 is 17.6 Å². The van der Waals surface area contributed by atoms with Crippen molar-refractivity contribution in [2.24, 2.45) is 13.0 Å². The molecule has 8 heteroatoms. The third-order valence-electron chi connectivity index (χ3n) is 5.16. The van der Waals surface area contributed by atoms with Gasteiger partial charge in [-0.25, -0.2) is 0 Å². The van der Waals surface area contributed by atoms with E-state index in [-0.39, 0.29) is 17.7 Å². The lowest BCUT2D eigenvalue weighted by atomic mass is 9.89. The quantitative estimate of drug-likeness (QED) is 0.787. The summed E-state index contributed by atoms with van der Waals surface area (Å²) in [5, 5.41) is 10.0. The Kier molecular flexibility index (Phi) is 6.62. The van der Waals surface area contributed by atoms with Gasteiger partial charge in [-0.2, -0.15) is 5.10 Å². The number of anilines is 1. The summed E-state index contributed by atoms with van der Waals surface area (Å²) in [5.74, 6) is 0.461. The van der Waals surface area contributed by atoms with E-state index in [2.05, 4.69) is 20.6 Å². The number of hydrogen-bond donors (Lipinski definition) is 2. The van der Waals surface area contributed by atoms with Crippen LogP contribution in [0.4, 0.5) is 5.82 Å². The highest BCUT2D eigenvalue weighted by Gasteiger charge is 2.23. The van der Waals surface area contributed by atoms with Crippen LogP contribution >= 0.6 is 0 Å². The largest absolute Gasteiger partial charge is 0.379 e. The average molecular weight is 363 g/mol. The fourth-order valence-corrected chi connectivity index (χ4v) is 3.53. The Bertz CT molecular complexity index is 618. The lowest BCUT2D eigenvalue weighted by molar-refractivity contribution is -0.120. The monoisotopic (exact) mass is 363 g/mol. The molecule has 0 atom stereocenters. The first kappa shape index (κ1) is 18.8. The molecule has 2 amide bonds. The molecule has 26 heavy (non-hydrogen) atoms. The fourth-order valence-electron chi connectivity index (χ4n) is 3.53. The molecule has 144 valence electrons. The van der Waals surface area contributed by atoms with Crippen LogP contribution in [0.25, 0.3) is 0 Å². The number of aromatic nitrogens is 2. The van der Waals surface area contributed by atoms with Gasteiger partial charge in [0.05, 0.1) is 13.2 Å². The zero-order valence-electron chi connectivity index (χ0n) is 15.5. The molecule has 2 aliphatic rings. The molecule has 1 aliphatic heterocycles. The van der Waals surface area contributed by atoms with E-state index in [1.165, 1.54) is 6.42 Å². The first-order chi connectivity index (χ1) is 12.6. The Morgan fingerprint density at radius 3 is 2.69 bits per heavy atom. The van der Waals surface area contributed by atoms with Gasteiger partial charge in [0.15, 0.2) is 5.69 Å². The number of hydrogen-bond acceptors (Lipinski definition) is 5. The van der Waals surface area contributed by atoms with E-state index < -0.39 is 0 Å². The van der Waals surface area contributed by atoms with Crippen LogP contribution in [0.5, 0.6) is 0 Å². The number of carbonyl (C=O) groups excluding carboxylic acids is 2. The Morgan fingerprint density at radius 1 is 1.23 bits per heavy atom. The van der Waals surface area contributed by atoms with Crippen LogP contribution in [0.2, 0.25) is 0 Å². The summed E-state index contributed by atoms with van der Waals surface area (Å²) in [6.07, 6.45) is 5.32. The van der Waals surface area contributed by atoms with Crippen molar-refractivity contribution in [3.63, 3.8) is 0 Å². The fraction of sp³-hybridized carbons (Fsp3) is 0.722. The predicted octanol–water partition coefficient (Wildman–Crippen LogP) is 1.00. The van der Waals surface area contributed by atoms with Crippen molar-refractivity contribution in [3.05, 3.63) is 11.8 Å². The first-order valence-corrected chi connectivity index (χ1v) is 9.56. The van der Waals surface area contributed by atoms with Gasteiger partial charge in [0, 0.05) is 45.2 Å². The SMILES string of the molecule is Cn1nc(C(=O)NCCN2CCOCC2)cc1NC(=O)C1CCCCC1. The van der Waals surface area contributed by atoms with Crippen LogP contribution in [-0.4, -0.2) is 65.9 Å². The summed E-state index contributed by atoms with van der Waals surface area (Å²) in [4.78, 5) is 26.9. The number of ether oxygens (including phenoxy) is 1. The molecule has 2 N–H and O–H groups in total. The number of rotatable bonds is 6. The van der Waals surface area contributed by atoms with Crippen molar-refractivity contribution in [2.75, 3.05) is 44.7 Å². The van der Waals surface area contributed by atoms with Gasteiger partial charge < -0.3 is 15.4 Å². The zero-order valence-corrected chi connectivity index (χ0v) is 15.5. The van der Waals surface area contributed by atoms with E-state index in [9.17, 15) is 9.59 Å². The smallest absolute Gasteiger partial charge is 0.271 e. The summed E-state index contributed by atoms with van der Waals surface area (Å²) < 4.78 is 6.86. The topological polar surface area (TPSA) is 88.5 Å². The van der Waals surface area contributed by atoms with Crippen molar-refractivity contribution in [1.82, 2.24) is 20.0 Å². The Labute approximate surface area is 154 Å². The van der Waals surface area contributed by atoms with Crippen molar-refractivity contribution in [2.45, 2.75) is 32.1 Å². The number of nitrogens with zero attached hydrogens (tertiary/aromatic N) is 3. The maximum absolute atomic E-state index is 12.4. The number of aryl methyl sites for hydroxylation is 1. The molecule has 1 aliphatic carbocycles. The second kappa shape index (κ2) is 9.14. The van der Waals surface area contributed by atoms with Gasteiger partial charge in [0.2, 0.25) is 5.91 Å². The number of morpholine rings is 1. The van der Waals surface area contributed by atoms with E-state index in [1.807, 2.05) is 0 Å². The Morgan fingerprint density at radius 2 is 1.96 bits per heavy atom. The summed E-state index contributed by atoms with van der Waals surface area (Å²) >= 11 is 0. The van der Waals surface area contributed by atoms with Crippen LogP contribution in [0, 0.1) is 5.92 Å². The maximum atomic E-state index is 12.4. The lowest BCUT2D eigenvalue weighted by Crippen LogP contribution is -2.41. The highest BCUT2D eigenvalue weighted by molar-refractivity contribution is 5.96. The van der Waals surface area contributed by atoms with Gasteiger partial charge in [-0.15, -0.1) is 0 Å². The minimum Gasteiger partial charge on any atom is -0.379 e. The molecule has 0 bridgehead atoms. The van der Waals surface area contributed by atoms with Crippen LogP contribution in [0.15, 0.2) is 6.07 Å². The van der Waals surface area contributed by atoms with Crippen LogP contribution in [-0.2, 0) is 16.6 Å². The van der Waals surface area contributed by atoms with Crippen LogP contribution in [0.3, 0.4) is 0 Å².